The fourth-order valence-electron chi connectivity index (χ4n) is 6.13. The van der Waals surface area contributed by atoms with E-state index in [-0.39, 0.29) is 23.4 Å². The van der Waals surface area contributed by atoms with Gasteiger partial charge in [0.05, 0.1) is 19.8 Å². The van der Waals surface area contributed by atoms with Crippen LogP contribution >= 0.6 is 15.9 Å². The highest BCUT2D eigenvalue weighted by Crippen LogP contribution is 2.62. The lowest BCUT2D eigenvalue weighted by atomic mass is 9.61. The Morgan fingerprint density at radius 2 is 2.00 bits per heavy atom. The molecule has 1 fully saturated rings. The fraction of sp³-hybridized carbons (Fsp3) is 0.407. The van der Waals surface area contributed by atoms with Crippen molar-refractivity contribution in [1.82, 2.24) is 4.90 Å². The average molecular weight is 524 g/mol. The summed E-state index contributed by atoms with van der Waals surface area (Å²) in [5.41, 5.74) is 9.21. The van der Waals surface area contributed by atoms with Gasteiger partial charge in [-0.3, -0.25) is 9.69 Å². The number of carbonyl (C=O) groups is 1. The molecule has 1 aliphatic heterocycles. The van der Waals surface area contributed by atoms with Gasteiger partial charge < -0.3 is 15.2 Å². The molecule has 7 heteroatoms. The smallest absolute Gasteiger partial charge is 0.262 e. The number of halogens is 1. The quantitative estimate of drug-likeness (QED) is 0.573. The number of nitrogens with zero attached hydrogens (tertiary/aromatic N) is 2. The monoisotopic (exact) mass is 523 g/mol. The third-order valence-corrected chi connectivity index (χ3v) is 8.42. The van der Waals surface area contributed by atoms with Crippen LogP contribution in [-0.4, -0.2) is 37.1 Å². The fourth-order valence-corrected chi connectivity index (χ4v) is 6.49. The molecular weight excluding hydrogens is 494 g/mol. The van der Waals surface area contributed by atoms with Crippen LogP contribution in [0.2, 0.25) is 0 Å². The van der Waals surface area contributed by atoms with E-state index in [0.717, 1.165) is 53.3 Å². The molecule has 2 N–H and O–H groups in total. The van der Waals surface area contributed by atoms with E-state index in [2.05, 4.69) is 34.6 Å². The summed E-state index contributed by atoms with van der Waals surface area (Å²) in [4.78, 5) is 21.0. The topological polar surface area (TPSA) is 77.2 Å². The zero-order valence-corrected chi connectivity index (χ0v) is 21.2. The summed E-state index contributed by atoms with van der Waals surface area (Å²) in [6.45, 7) is 4.29. The number of rotatable bonds is 5. The van der Waals surface area contributed by atoms with Crippen LogP contribution in [-0.2, 0) is 32.8 Å². The first kappa shape index (κ1) is 23.1. The molecule has 1 saturated carbocycles. The molecule has 2 spiro atoms. The first-order valence-electron chi connectivity index (χ1n) is 11.6. The van der Waals surface area contributed by atoms with Gasteiger partial charge in [0.25, 0.3) is 5.91 Å². The van der Waals surface area contributed by atoms with Crippen molar-refractivity contribution in [1.29, 1.82) is 0 Å². The zero-order valence-electron chi connectivity index (χ0n) is 19.6. The van der Waals surface area contributed by atoms with Crippen LogP contribution in [0.25, 0.3) is 5.76 Å². The van der Waals surface area contributed by atoms with Crippen LogP contribution in [0.5, 0.6) is 0 Å². The number of ether oxygens (including phenoxy) is 2. The van der Waals surface area contributed by atoms with E-state index in [1.807, 2.05) is 30.3 Å². The summed E-state index contributed by atoms with van der Waals surface area (Å²) in [6, 6.07) is 14.1. The molecule has 0 saturated heterocycles. The molecule has 1 heterocycles. The van der Waals surface area contributed by atoms with Gasteiger partial charge in [-0.05, 0) is 67.0 Å². The zero-order chi connectivity index (χ0) is 24.1. The Kier molecular flexibility index (Phi) is 5.81. The molecule has 1 amide bonds. The van der Waals surface area contributed by atoms with Gasteiger partial charge in [-0.25, -0.2) is 4.99 Å². The predicted molar refractivity (Wildman–Crippen MR) is 136 cm³/mol. The minimum absolute atomic E-state index is 0.0336. The summed E-state index contributed by atoms with van der Waals surface area (Å²) in [5.74, 6) is 0.826. The van der Waals surface area contributed by atoms with Crippen LogP contribution in [0.15, 0.2) is 58.5 Å². The van der Waals surface area contributed by atoms with Crippen LogP contribution in [0, 0.1) is 5.41 Å². The van der Waals surface area contributed by atoms with Gasteiger partial charge in [0.1, 0.15) is 5.76 Å². The Morgan fingerprint density at radius 1 is 1.24 bits per heavy atom. The average Bonchev–Trinajstić information content (AvgIpc) is 3.25. The Balaban J connectivity index is 1.55. The lowest BCUT2D eigenvalue weighted by Gasteiger charge is -2.45. The highest BCUT2D eigenvalue weighted by atomic mass is 79.9. The molecule has 2 aromatic carbocycles. The van der Waals surface area contributed by atoms with E-state index in [0.29, 0.717) is 12.3 Å². The molecule has 0 aromatic heterocycles. The van der Waals surface area contributed by atoms with Crippen molar-refractivity contribution in [3.05, 3.63) is 75.8 Å². The van der Waals surface area contributed by atoms with Crippen LogP contribution in [0.1, 0.15) is 47.9 Å². The molecule has 2 aromatic rings. The summed E-state index contributed by atoms with van der Waals surface area (Å²) in [5, 5.41) is 0. The summed E-state index contributed by atoms with van der Waals surface area (Å²) in [7, 11) is 3.37. The minimum atomic E-state index is -0.997. The maximum Gasteiger partial charge on any atom is 0.262 e. The largest absolute Gasteiger partial charge is 0.497 e. The van der Waals surface area contributed by atoms with Gasteiger partial charge in [0.15, 0.2) is 11.5 Å². The first-order valence-corrected chi connectivity index (χ1v) is 12.4. The molecule has 1 unspecified atom stereocenters. The number of carbonyl (C=O) groups excluding carboxylic acids is 1. The SMILES string of the molecule is C=C(OC)c1cccc(CN2C(=O)C3(N=C2N)c2cc(Br)ccc2CC32CCC(OC)CC2)c1. The van der Waals surface area contributed by atoms with Crippen molar-refractivity contribution in [2.24, 2.45) is 16.1 Å². The molecule has 34 heavy (non-hydrogen) atoms. The number of methoxy groups -OCH3 is 2. The van der Waals surface area contributed by atoms with Gasteiger partial charge in [0, 0.05) is 22.6 Å². The molecular formula is C27H30BrN3O3. The van der Waals surface area contributed by atoms with Crippen molar-refractivity contribution in [3.8, 4) is 0 Å². The van der Waals surface area contributed by atoms with E-state index in [4.69, 9.17) is 20.2 Å². The Hall–Kier alpha value is -2.64. The number of fused-ring (bicyclic) bond motifs is 3. The first-order chi connectivity index (χ1) is 16.3. The van der Waals surface area contributed by atoms with Gasteiger partial charge in [0.2, 0.25) is 0 Å². The third-order valence-electron chi connectivity index (χ3n) is 7.93. The van der Waals surface area contributed by atoms with Crippen molar-refractivity contribution < 1.29 is 14.3 Å². The Bertz CT molecular complexity index is 1190. The van der Waals surface area contributed by atoms with Gasteiger partial charge in [-0.15, -0.1) is 0 Å². The second-order valence-electron chi connectivity index (χ2n) is 9.59. The van der Waals surface area contributed by atoms with Crippen LogP contribution < -0.4 is 5.73 Å². The normalized spacial score (nSPS) is 27.9. The van der Waals surface area contributed by atoms with Gasteiger partial charge in [-0.2, -0.15) is 0 Å². The number of nitrogens with two attached hydrogens (primary N) is 1. The van der Waals surface area contributed by atoms with Crippen molar-refractivity contribution in [2.75, 3.05) is 14.2 Å². The second kappa shape index (κ2) is 8.54. The molecule has 1 atom stereocenters. The number of amides is 1. The maximum atomic E-state index is 14.4. The number of guanidine groups is 1. The minimum Gasteiger partial charge on any atom is -0.497 e. The lowest BCUT2D eigenvalue weighted by Crippen LogP contribution is -2.52. The van der Waals surface area contributed by atoms with Crippen molar-refractivity contribution in [2.45, 2.75) is 50.3 Å². The van der Waals surface area contributed by atoms with E-state index in [9.17, 15) is 4.79 Å². The van der Waals surface area contributed by atoms with E-state index in [1.165, 1.54) is 5.56 Å². The molecule has 178 valence electrons. The number of benzene rings is 2. The van der Waals surface area contributed by atoms with Gasteiger partial charge >= 0.3 is 0 Å². The van der Waals surface area contributed by atoms with Crippen LogP contribution in [0.4, 0.5) is 0 Å². The molecule has 3 aliphatic rings. The van der Waals surface area contributed by atoms with Gasteiger partial charge in [-0.1, -0.05) is 46.8 Å². The summed E-state index contributed by atoms with van der Waals surface area (Å²) >= 11 is 3.62. The maximum absolute atomic E-state index is 14.4. The molecule has 2 aliphatic carbocycles. The summed E-state index contributed by atoms with van der Waals surface area (Å²) in [6.07, 6.45) is 4.62. The third kappa shape index (κ3) is 3.40. The molecule has 0 bridgehead atoms. The number of hydrogen-bond acceptors (Lipinski definition) is 5. The van der Waals surface area contributed by atoms with E-state index < -0.39 is 5.54 Å². The van der Waals surface area contributed by atoms with E-state index >= 15 is 0 Å². The van der Waals surface area contributed by atoms with Crippen LogP contribution in [0.3, 0.4) is 0 Å². The number of aliphatic imine (C=N–C) groups is 1. The molecule has 0 radical (unpaired) electrons. The Labute approximate surface area is 209 Å². The predicted octanol–water partition coefficient (Wildman–Crippen LogP) is 4.75. The standard InChI is InChI=1S/C27H30BrN3O3/c1-17(33-2)19-6-4-5-18(13-19)16-31-24(32)27(30-25(31)29)23-14-21(28)8-7-20(23)15-26(27)11-9-22(34-3)10-12-26/h4-8,13-14,22H,1,9-12,15-16H2,2-3H3,(H2,29,30). The van der Waals surface area contributed by atoms with Crippen molar-refractivity contribution in [3.63, 3.8) is 0 Å². The molecule has 6 nitrogen and oxygen atoms in total. The second-order valence-corrected chi connectivity index (χ2v) is 10.5. The highest BCUT2D eigenvalue weighted by molar-refractivity contribution is 9.10. The molecule has 5 rings (SSSR count). The highest BCUT2D eigenvalue weighted by Gasteiger charge is 2.66. The van der Waals surface area contributed by atoms with E-state index in [1.54, 1.807) is 19.1 Å². The Morgan fingerprint density at radius 3 is 2.71 bits per heavy atom. The van der Waals surface area contributed by atoms with Crippen molar-refractivity contribution >= 4 is 33.6 Å². The number of hydrogen-bond donors (Lipinski definition) is 1. The summed E-state index contributed by atoms with van der Waals surface area (Å²) < 4.78 is 11.9. The lowest BCUT2D eigenvalue weighted by molar-refractivity contribution is -0.138.